The van der Waals surface area contributed by atoms with Crippen molar-refractivity contribution in [2.24, 2.45) is 23.7 Å². The first-order valence-corrected chi connectivity index (χ1v) is 9.92. The zero-order valence-corrected chi connectivity index (χ0v) is 14.6. The molecule has 1 aromatic heterocycles. The molecule has 2 amide bonds. The fraction of sp³-hybridized carbons (Fsp3) is 0.765. The number of anilines is 1. The molecule has 1 aliphatic heterocycles. The molecule has 2 bridgehead atoms. The van der Waals surface area contributed by atoms with Crippen molar-refractivity contribution in [1.82, 2.24) is 15.1 Å². The van der Waals surface area contributed by atoms with Crippen LogP contribution in [0.3, 0.4) is 0 Å². The minimum atomic E-state index is -0.133. The highest BCUT2D eigenvalue weighted by molar-refractivity contribution is 7.13. The predicted molar refractivity (Wildman–Crippen MR) is 91.4 cm³/mol. The van der Waals surface area contributed by atoms with Gasteiger partial charge in [-0.1, -0.05) is 17.8 Å². The number of piperidine rings is 1. The van der Waals surface area contributed by atoms with Gasteiger partial charge in [-0.2, -0.15) is 0 Å². The topological polar surface area (TPSA) is 75.2 Å². The van der Waals surface area contributed by atoms with Gasteiger partial charge in [-0.15, -0.1) is 10.2 Å². The summed E-state index contributed by atoms with van der Waals surface area (Å²) in [5.41, 5.74) is 1.60. The monoisotopic (exact) mass is 348 g/mol. The van der Waals surface area contributed by atoms with E-state index in [1.807, 2.05) is 4.90 Å². The lowest BCUT2D eigenvalue weighted by Gasteiger charge is -2.33. The molecule has 1 N–H and O–H groups in total. The highest BCUT2D eigenvalue weighted by atomic mass is 32.1. The molecular weight excluding hydrogens is 324 g/mol. The van der Waals surface area contributed by atoms with Gasteiger partial charge in [0.2, 0.25) is 16.9 Å². The molecule has 2 saturated carbocycles. The SMILES string of the molecule is O=C(Nc1nncs1)C1CCCN(C(=O)CC2CC3CCC2C3)C1. The zero-order chi connectivity index (χ0) is 16.5. The molecule has 3 aliphatic rings. The molecule has 2 aliphatic carbocycles. The molecule has 3 fully saturated rings. The quantitative estimate of drug-likeness (QED) is 0.907. The third-order valence-corrected chi connectivity index (χ3v) is 6.66. The zero-order valence-electron chi connectivity index (χ0n) is 13.8. The van der Waals surface area contributed by atoms with Crippen LogP contribution in [0.1, 0.15) is 44.9 Å². The van der Waals surface area contributed by atoms with Crippen molar-refractivity contribution in [3.63, 3.8) is 0 Å². The van der Waals surface area contributed by atoms with E-state index < -0.39 is 0 Å². The van der Waals surface area contributed by atoms with E-state index in [0.717, 1.165) is 31.2 Å². The number of hydrogen-bond donors (Lipinski definition) is 1. The van der Waals surface area contributed by atoms with Crippen LogP contribution in [0.25, 0.3) is 0 Å². The summed E-state index contributed by atoms with van der Waals surface area (Å²) in [7, 11) is 0. The summed E-state index contributed by atoms with van der Waals surface area (Å²) in [6, 6.07) is 0. The Bertz CT molecular complexity index is 606. The number of carbonyl (C=O) groups is 2. The van der Waals surface area contributed by atoms with Crippen LogP contribution in [0, 0.1) is 23.7 Å². The van der Waals surface area contributed by atoms with Crippen LogP contribution in [-0.2, 0) is 9.59 Å². The molecule has 6 nitrogen and oxygen atoms in total. The average molecular weight is 348 g/mol. The highest BCUT2D eigenvalue weighted by Crippen LogP contribution is 2.49. The summed E-state index contributed by atoms with van der Waals surface area (Å²) in [6.07, 6.45) is 7.68. The third-order valence-electron chi connectivity index (χ3n) is 6.06. The number of likely N-dealkylation sites (tertiary alicyclic amines) is 1. The Balaban J connectivity index is 1.31. The summed E-state index contributed by atoms with van der Waals surface area (Å²) >= 11 is 1.32. The molecule has 0 radical (unpaired) electrons. The number of nitrogens with zero attached hydrogens (tertiary/aromatic N) is 3. The predicted octanol–water partition coefficient (Wildman–Crippen LogP) is 2.54. The Hall–Kier alpha value is -1.50. The van der Waals surface area contributed by atoms with E-state index in [2.05, 4.69) is 15.5 Å². The van der Waals surface area contributed by atoms with E-state index in [1.54, 1.807) is 5.51 Å². The second-order valence-corrected chi connectivity index (χ2v) is 8.38. The Morgan fingerprint density at radius 2 is 2.21 bits per heavy atom. The number of fused-ring (bicyclic) bond motifs is 2. The number of rotatable bonds is 4. The first-order valence-electron chi connectivity index (χ1n) is 9.04. The van der Waals surface area contributed by atoms with Crippen LogP contribution in [0.2, 0.25) is 0 Å². The first-order chi connectivity index (χ1) is 11.7. The Labute approximate surface area is 146 Å². The van der Waals surface area contributed by atoms with Crippen LogP contribution in [-0.4, -0.2) is 40.0 Å². The normalized spacial score (nSPS) is 32.1. The maximum Gasteiger partial charge on any atom is 0.231 e. The molecule has 4 atom stereocenters. The number of carbonyl (C=O) groups excluding carboxylic acids is 2. The molecule has 0 aromatic carbocycles. The maximum absolute atomic E-state index is 12.7. The fourth-order valence-electron chi connectivity index (χ4n) is 4.83. The van der Waals surface area contributed by atoms with E-state index >= 15 is 0 Å². The fourth-order valence-corrected chi connectivity index (χ4v) is 5.28. The van der Waals surface area contributed by atoms with Crippen molar-refractivity contribution in [3.05, 3.63) is 5.51 Å². The van der Waals surface area contributed by atoms with Crippen molar-refractivity contribution >= 4 is 28.3 Å². The van der Waals surface area contributed by atoms with Crippen LogP contribution < -0.4 is 5.32 Å². The summed E-state index contributed by atoms with van der Waals surface area (Å²) in [6.45, 7) is 1.34. The lowest BCUT2D eigenvalue weighted by atomic mass is 9.85. The molecule has 7 heteroatoms. The van der Waals surface area contributed by atoms with Crippen LogP contribution in [0.4, 0.5) is 5.13 Å². The van der Waals surface area contributed by atoms with E-state index in [9.17, 15) is 9.59 Å². The standard InChI is InChI=1S/C17H24N4O2S/c22-15(8-14-7-11-3-4-12(14)6-11)21-5-1-2-13(9-21)16(23)19-17-20-18-10-24-17/h10-14H,1-9H2,(H,19,20,23). The summed E-state index contributed by atoms with van der Waals surface area (Å²) < 4.78 is 0. The van der Waals surface area contributed by atoms with Crippen molar-refractivity contribution < 1.29 is 9.59 Å². The number of aromatic nitrogens is 2. The van der Waals surface area contributed by atoms with E-state index in [0.29, 0.717) is 24.0 Å². The van der Waals surface area contributed by atoms with Gasteiger partial charge in [0.05, 0.1) is 5.92 Å². The Kier molecular flexibility index (Phi) is 4.52. The Morgan fingerprint density at radius 1 is 1.29 bits per heavy atom. The molecule has 130 valence electrons. The lowest BCUT2D eigenvalue weighted by Crippen LogP contribution is -2.44. The summed E-state index contributed by atoms with van der Waals surface area (Å²) in [5, 5.41) is 10.9. The molecule has 4 rings (SSSR count). The molecule has 1 saturated heterocycles. The largest absolute Gasteiger partial charge is 0.342 e. The van der Waals surface area contributed by atoms with Crippen molar-refractivity contribution in [3.8, 4) is 0 Å². The van der Waals surface area contributed by atoms with E-state index in [-0.39, 0.29) is 17.7 Å². The first kappa shape index (κ1) is 16.0. The summed E-state index contributed by atoms with van der Waals surface area (Å²) in [4.78, 5) is 27.0. The van der Waals surface area contributed by atoms with Gasteiger partial charge in [-0.25, -0.2) is 0 Å². The highest BCUT2D eigenvalue weighted by Gasteiger charge is 2.41. The minimum Gasteiger partial charge on any atom is -0.342 e. The Morgan fingerprint density at radius 3 is 2.92 bits per heavy atom. The van der Waals surface area contributed by atoms with Crippen molar-refractivity contribution in [2.75, 3.05) is 18.4 Å². The second kappa shape index (κ2) is 6.78. The van der Waals surface area contributed by atoms with Gasteiger partial charge in [0.15, 0.2) is 0 Å². The van der Waals surface area contributed by atoms with Gasteiger partial charge in [0, 0.05) is 19.5 Å². The van der Waals surface area contributed by atoms with Crippen LogP contribution in [0.15, 0.2) is 5.51 Å². The van der Waals surface area contributed by atoms with Gasteiger partial charge < -0.3 is 10.2 Å². The molecule has 4 unspecified atom stereocenters. The molecule has 24 heavy (non-hydrogen) atoms. The average Bonchev–Trinajstić information content (AvgIpc) is 3.33. The van der Waals surface area contributed by atoms with E-state index in [1.165, 1.54) is 37.0 Å². The van der Waals surface area contributed by atoms with Gasteiger partial charge in [0.1, 0.15) is 5.51 Å². The number of amides is 2. The molecule has 0 spiro atoms. The van der Waals surface area contributed by atoms with Gasteiger partial charge in [0.25, 0.3) is 0 Å². The van der Waals surface area contributed by atoms with Crippen LogP contribution >= 0.6 is 11.3 Å². The van der Waals surface area contributed by atoms with Crippen molar-refractivity contribution in [2.45, 2.75) is 44.9 Å². The van der Waals surface area contributed by atoms with Crippen molar-refractivity contribution in [1.29, 1.82) is 0 Å². The lowest BCUT2D eigenvalue weighted by molar-refractivity contribution is -0.135. The molecule has 2 heterocycles. The van der Waals surface area contributed by atoms with Gasteiger partial charge >= 0.3 is 0 Å². The van der Waals surface area contributed by atoms with E-state index in [4.69, 9.17) is 0 Å². The number of nitrogens with one attached hydrogen (secondary N) is 1. The smallest absolute Gasteiger partial charge is 0.231 e. The maximum atomic E-state index is 12.7. The second-order valence-electron chi connectivity index (χ2n) is 7.55. The van der Waals surface area contributed by atoms with Gasteiger partial charge in [-0.05, 0) is 49.9 Å². The number of hydrogen-bond acceptors (Lipinski definition) is 5. The van der Waals surface area contributed by atoms with Crippen LogP contribution in [0.5, 0.6) is 0 Å². The summed E-state index contributed by atoms with van der Waals surface area (Å²) in [5.74, 6) is 2.32. The molecular formula is C17H24N4O2S. The molecule has 1 aromatic rings. The third kappa shape index (κ3) is 3.31. The van der Waals surface area contributed by atoms with Gasteiger partial charge in [-0.3, -0.25) is 9.59 Å². The minimum absolute atomic E-state index is 0.0378.